The number of ether oxygens (including phenoxy) is 1. The van der Waals surface area contributed by atoms with Gasteiger partial charge in [-0.05, 0) is 24.2 Å². The molecule has 3 nitrogen and oxygen atoms in total. The second-order valence-corrected chi connectivity index (χ2v) is 7.06. The summed E-state index contributed by atoms with van der Waals surface area (Å²) in [5, 5.41) is 0. The minimum absolute atomic E-state index is 0.605. The number of hydrogen-bond donors (Lipinski definition) is 0. The number of nitrogens with zero attached hydrogens (tertiary/aromatic N) is 2. The fourth-order valence-corrected chi connectivity index (χ4v) is 3.52. The van der Waals surface area contributed by atoms with Crippen molar-refractivity contribution >= 4 is 15.9 Å². The Hall–Kier alpha value is -1.36. The van der Waals surface area contributed by atoms with E-state index in [-0.39, 0.29) is 0 Å². The Bertz CT molecular complexity index is 639. The number of rotatable bonds is 6. The fraction of sp³-hybridized carbons (Fsp3) is 0.400. The number of likely N-dealkylation sites (N-methyl/N-ethyl adjacent to an activating group) is 1. The number of benzene rings is 2. The zero-order chi connectivity index (χ0) is 16.8. The van der Waals surface area contributed by atoms with Crippen molar-refractivity contribution in [2.45, 2.75) is 20.1 Å². The minimum atomic E-state index is 0.605. The van der Waals surface area contributed by atoms with Gasteiger partial charge in [0.1, 0.15) is 12.4 Å². The summed E-state index contributed by atoms with van der Waals surface area (Å²) in [6.07, 6.45) is 0. The van der Waals surface area contributed by atoms with Gasteiger partial charge in [0.25, 0.3) is 0 Å². The molecule has 1 saturated heterocycles. The molecule has 0 spiro atoms. The first kappa shape index (κ1) is 17.5. The molecule has 2 aromatic rings. The smallest absolute Gasteiger partial charge is 0.125 e. The molecule has 0 bridgehead atoms. The summed E-state index contributed by atoms with van der Waals surface area (Å²) >= 11 is 3.71. The van der Waals surface area contributed by atoms with E-state index in [0.29, 0.717) is 6.61 Å². The second kappa shape index (κ2) is 8.65. The Kier molecular flexibility index (Phi) is 6.30. The molecule has 0 aromatic heterocycles. The molecule has 24 heavy (non-hydrogen) atoms. The van der Waals surface area contributed by atoms with E-state index in [4.69, 9.17) is 4.74 Å². The summed E-state index contributed by atoms with van der Waals surface area (Å²) in [7, 11) is 0. The van der Waals surface area contributed by atoms with Crippen molar-refractivity contribution in [3.05, 3.63) is 64.1 Å². The highest BCUT2D eigenvalue weighted by atomic mass is 79.9. The monoisotopic (exact) mass is 388 g/mol. The van der Waals surface area contributed by atoms with Crippen molar-refractivity contribution in [1.82, 2.24) is 9.80 Å². The Morgan fingerprint density at radius 1 is 0.917 bits per heavy atom. The quantitative estimate of drug-likeness (QED) is 0.738. The molecular weight excluding hydrogens is 364 g/mol. The molecule has 4 heteroatoms. The number of piperazine rings is 1. The standard InChI is InChI=1S/C20H25BrN2O/c1-2-22-11-13-23(14-12-22)15-18-19(21)9-6-10-20(18)24-16-17-7-4-3-5-8-17/h3-10H,2,11-16H2,1H3. The molecule has 0 aliphatic carbocycles. The lowest BCUT2D eigenvalue weighted by molar-refractivity contribution is 0.130. The van der Waals surface area contributed by atoms with E-state index in [2.05, 4.69) is 56.9 Å². The van der Waals surface area contributed by atoms with E-state index < -0.39 is 0 Å². The number of hydrogen-bond acceptors (Lipinski definition) is 3. The lowest BCUT2D eigenvalue weighted by Gasteiger charge is -2.34. The van der Waals surface area contributed by atoms with E-state index in [1.54, 1.807) is 0 Å². The molecule has 0 amide bonds. The van der Waals surface area contributed by atoms with Crippen LogP contribution in [0.1, 0.15) is 18.1 Å². The van der Waals surface area contributed by atoms with Crippen molar-refractivity contribution in [2.24, 2.45) is 0 Å². The first-order valence-electron chi connectivity index (χ1n) is 8.65. The number of halogens is 1. The van der Waals surface area contributed by atoms with Crippen molar-refractivity contribution in [3.63, 3.8) is 0 Å². The molecule has 0 saturated carbocycles. The zero-order valence-electron chi connectivity index (χ0n) is 14.2. The van der Waals surface area contributed by atoms with Crippen molar-refractivity contribution in [3.8, 4) is 5.75 Å². The third kappa shape index (κ3) is 4.59. The van der Waals surface area contributed by atoms with Gasteiger partial charge < -0.3 is 9.64 Å². The molecule has 1 aliphatic heterocycles. The fourth-order valence-electron chi connectivity index (χ4n) is 3.05. The Labute approximate surface area is 153 Å². The maximum absolute atomic E-state index is 6.12. The van der Waals surface area contributed by atoms with Crippen LogP contribution in [-0.4, -0.2) is 42.5 Å². The lowest BCUT2D eigenvalue weighted by atomic mass is 10.1. The van der Waals surface area contributed by atoms with Crippen LogP contribution in [0.15, 0.2) is 53.0 Å². The predicted molar refractivity (Wildman–Crippen MR) is 102 cm³/mol. The van der Waals surface area contributed by atoms with Gasteiger partial charge in [-0.3, -0.25) is 4.90 Å². The average molecular weight is 389 g/mol. The summed E-state index contributed by atoms with van der Waals surface area (Å²) in [4.78, 5) is 5.02. The molecule has 1 heterocycles. The molecule has 0 atom stereocenters. The zero-order valence-corrected chi connectivity index (χ0v) is 15.8. The summed E-state index contributed by atoms with van der Waals surface area (Å²) < 4.78 is 7.25. The largest absolute Gasteiger partial charge is 0.489 e. The van der Waals surface area contributed by atoms with Crippen LogP contribution in [0.2, 0.25) is 0 Å². The van der Waals surface area contributed by atoms with Crippen LogP contribution < -0.4 is 4.74 Å². The SMILES string of the molecule is CCN1CCN(Cc2c(Br)cccc2OCc2ccccc2)CC1. The van der Waals surface area contributed by atoms with Crippen LogP contribution in [-0.2, 0) is 13.2 Å². The van der Waals surface area contributed by atoms with E-state index in [9.17, 15) is 0 Å². The minimum Gasteiger partial charge on any atom is -0.489 e. The van der Waals surface area contributed by atoms with Crippen molar-refractivity contribution in [2.75, 3.05) is 32.7 Å². The van der Waals surface area contributed by atoms with Gasteiger partial charge in [-0.1, -0.05) is 59.3 Å². The van der Waals surface area contributed by atoms with Gasteiger partial charge in [-0.2, -0.15) is 0 Å². The van der Waals surface area contributed by atoms with E-state index in [1.807, 2.05) is 24.3 Å². The highest BCUT2D eigenvalue weighted by Crippen LogP contribution is 2.29. The molecule has 1 fully saturated rings. The Balaban J connectivity index is 1.66. The Morgan fingerprint density at radius 3 is 2.33 bits per heavy atom. The maximum atomic E-state index is 6.12. The molecule has 3 rings (SSSR count). The maximum Gasteiger partial charge on any atom is 0.125 e. The van der Waals surface area contributed by atoms with Crippen LogP contribution in [0.5, 0.6) is 5.75 Å². The normalized spacial score (nSPS) is 16.2. The third-order valence-electron chi connectivity index (χ3n) is 4.61. The second-order valence-electron chi connectivity index (χ2n) is 6.20. The molecule has 1 aliphatic rings. The van der Waals surface area contributed by atoms with Crippen molar-refractivity contribution in [1.29, 1.82) is 0 Å². The molecular formula is C20H25BrN2O. The van der Waals surface area contributed by atoms with Crippen molar-refractivity contribution < 1.29 is 4.74 Å². The van der Waals surface area contributed by atoms with Crippen LogP contribution in [0.3, 0.4) is 0 Å². The van der Waals surface area contributed by atoms with Gasteiger partial charge in [-0.15, -0.1) is 0 Å². The van der Waals surface area contributed by atoms with Gasteiger partial charge in [0.05, 0.1) is 0 Å². The molecule has 0 N–H and O–H groups in total. The summed E-state index contributed by atoms with van der Waals surface area (Å²) in [6, 6.07) is 16.6. The van der Waals surface area contributed by atoms with E-state index >= 15 is 0 Å². The van der Waals surface area contributed by atoms with Gasteiger partial charge in [0, 0.05) is 42.8 Å². The van der Waals surface area contributed by atoms with Gasteiger partial charge in [-0.25, -0.2) is 0 Å². The first-order chi connectivity index (χ1) is 11.8. The Morgan fingerprint density at radius 2 is 1.62 bits per heavy atom. The topological polar surface area (TPSA) is 15.7 Å². The van der Waals surface area contributed by atoms with E-state index in [0.717, 1.165) is 49.5 Å². The molecule has 0 radical (unpaired) electrons. The third-order valence-corrected chi connectivity index (χ3v) is 5.35. The predicted octanol–water partition coefficient (Wildman–Crippen LogP) is 4.17. The summed E-state index contributed by atoms with van der Waals surface area (Å²) in [5.41, 5.74) is 2.44. The molecule has 0 unspecified atom stereocenters. The van der Waals surface area contributed by atoms with Crippen LogP contribution in [0.25, 0.3) is 0 Å². The average Bonchev–Trinajstić information content (AvgIpc) is 2.63. The highest BCUT2D eigenvalue weighted by Gasteiger charge is 2.18. The molecule has 128 valence electrons. The van der Waals surface area contributed by atoms with Gasteiger partial charge in [0.15, 0.2) is 0 Å². The summed E-state index contributed by atoms with van der Waals surface area (Å²) in [5.74, 6) is 0.978. The molecule has 2 aromatic carbocycles. The first-order valence-corrected chi connectivity index (χ1v) is 9.44. The van der Waals surface area contributed by atoms with Gasteiger partial charge in [0.2, 0.25) is 0 Å². The summed E-state index contributed by atoms with van der Waals surface area (Å²) in [6.45, 7) is 9.47. The lowest BCUT2D eigenvalue weighted by Crippen LogP contribution is -2.45. The highest BCUT2D eigenvalue weighted by molar-refractivity contribution is 9.10. The van der Waals surface area contributed by atoms with Gasteiger partial charge >= 0.3 is 0 Å². The van der Waals surface area contributed by atoms with Crippen LogP contribution in [0, 0.1) is 0 Å². The van der Waals surface area contributed by atoms with Crippen LogP contribution in [0.4, 0.5) is 0 Å². The van der Waals surface area contributed by atoms with E-state index in [1.165, 1.54) is 11.1 Å². The van der Waals surface area contributed by atoms with Crippen LogP contribution >= 0.6 is 15.9 Å².